The number of ether oxygens (including phenoxy) is 2. The van der Waals surface area contributed by atoms with Crippen LogP contribution in [-0.2, 0) is 14.3 Å². The molecule has 3 fully saturated rings. The van der Waals surface area contributed by atoms with Gasteiger partial charge in [-0.25, -0.2) is 0 Å². The molecular weight excluding hydrogens is 286 g/mol. The van der Waals surface area contributed by atoms with Crippen molar-refractivity contribution in [2.45, 2.75) is 43.8 Å². The lowest BCUT2D eigenvalue weighted by molar-refractivity contribution is -0.139. The summed E-state index contributed by atoms with van der Waals surface area (Å²) in [6, 6.07) is 0. The van der Waals surface area contributed by atoms with Crippen LogP contribution >= 0.6 is 0 Å². The third kappa shape index (κ3) is 2.63. The summed E-state index contributed by atoms with van der Waals surface area (Å²) in [4.78, 5) is 13.8. The van der Waals surface area contributed by atoms with Gasteiger partial charge in [-0.1, -0.05) is 0 Å². The van der Waals surface area contributed by atoms with E-state index in [4.69, 9.17) is 13.9 Å². The van der Waals surface area contributed by atoms with Gasteiger partial charge in [0.05, 0.1) is 6.10 Å². The summed E-state index contributed by atoms with van der Waals surface area (Å²) >= 11 is 0. The van der Waals surface area contributed by atoms with Crippen LogP contribution in [0.3, 0.4) is 0 Å². The second-order valence-electron chi connectivity index (χ2n) is 6.47. The van der Waals surface area contributed by atoms with E-state index in [1.165, 1.54) is 0 Å². The van der Waals surface area contributed by atoms with E-state index in [1.807, 2.05) is 4.90 Å². The van der Waals surface area contributed by atoms with E-state index in [0.29, 0.717) is 24.3 Å². The Morgan fingerprint density at radius 2 is 2.14 bits per heavy atom. The molecule has 0 N–H and O–H groups in total. The highest BCUT2D eigenvalue weighted by atomic mass is 16.5. The summed E-state index contributed by atoms with van der Waals surface area (Å²) in [5.41, 5.74) is 0. The molecule has 3 atom stereocenters. The first-order valence-corrected chi connectivity index (χ1v) is 8.00. The number of rotatable bonds is 4. The normalized spacial score (nSPS) is 31.3. The van der Waals surface area contributed by atoms with E-state index < -0.39 is 0 Å². The van der Waals surface area contributed by atoms with Crippen molar-refractivity contribution in [2.24, 2.45) is 5.92 Å². The monoisotopic (exact) mass is 307 g/mol. The van der Waals surface area contributed by atoms with Gasteiger partial charge in [0.15, 0.2) is 0 Å². The van der Waals surface area contributed by atoms with Crippen LogP contribution in [0, 0.1) is 5.92 Å². The number of aromatic nitrogens is 2. The molecule has 4 rings (SSSR count). The standard InChI is InChI=1S/C15H21N3O4/c1-20-8-13(19)18-5-4-10-6-11(21-12(10)7-18)15-17-16-14(22-15)9-2-3-9/h9-12H,2-8H2,1H3/t10-,11+,12+/m0/s1. The first kappa shape index (κ1) is 14.1. The fraction of sp³-hybridized carbons (Fsp3) is 0.800. The Hall–Kier alpha value is -1.47. The van der Waals surface area contributed by atoms with Crippen LogP contribution in [0.1, 0.15) is 49.5 Å². The molecule has 3 aliphatic rings. The van der Waals surface area contributed by atoms with Crippen molar-refractivity contribution in [3.63, 3.8) is 0 Å². The minimum Gasteiger partial charge on any atom is -0.422 e. The lowest BCUT2D eigenvalue weighted by Crippen LogP contribution is -2.46. The summed E-state index contributed by atoms with van der Waals surface area (Å²) in [6.07, 6.45) is 4.11. The average Bonchev–Trinajstić information content (AvgIpc) is 3.11. The summed E-state index contributed by atoms with van der Waals surface area (Å²) in [5.74, 6) is 2.32. The van der Waals surface area contributed by atoms with Crippen LogP contribution in [-0.4, -0.2) is 53.9 Å². The Labute approximate surface area is 129 Å². The fourth-order valence-electron chi connectivity index (χ4n) is 3.40. The van der Waals surface area contributed by atoms with Gasteiger partial charge in [0, 0.05) is 26.1 Å². The lowest BCUT2D eigenvalue weighted by Gasteiger charge is -2.33. The summed E-state index contributed by atoms with van der Waals surface area (Å²) in [6.45, 7) is 1.54. The van der Waals surface area contributed by atoms with Crippen molar-refractivity contribution in [2.75, 3.05) is 26.8 Å². The number of hydrogen-bond acceptors (Lipinski definition) is 6. The highest BCUT2D eigenvalue weighted by molar-refractivity contribution is 5.77. The van der Waals surface area contributed by atoms with Gasteiger partial charge < -0.3 is 18.8 Å². The second kappa shape index (κ2) is 5.62. The zero-order chi connectivity index (χ0) is 15.1. The molecule has 1 aliphatic carbocycles. The van der Waals surface area contributed by atoms with E-state index >= 15 is 0 Å². The van der Waals surface area contributed by atoms with Crippen LogP contribution in [0.4, 0.5) is 0 Å². The van der Waals surface area contributed by atoms with Crippen LogP contribution in [0.25, 0.3) is 0 Å². The van der Waals surface area contributed by atoms with Gasteiger partial charge in [-0.15, -0.1) is 10.2 Å². The van der Waals surface area contributed by atoms with Crippen molar-refractivity contribution >= 4 is 5.91 Å². The number of methoxy groups -OCH3 is 1. The van der Waals surface area contributed by atoms with Gasteiger partial charge in [-0.05, 0) is 31.6 Å². The van der Waals surface area contributed by atoms with Crippen LogP contribution in [0.5, 0.6) is 0 Å². The highest BCUT2D eigenvalue weighted by Crippen LogP contribution is 2.43. The summed E-state index contributed by atoms with van der Waals surface area (Å²) in [7, 11) is 1.54. The smallest absolute Gasteiger partial charge is 0.248 e. The number of carbonyl (C=O) groups is 1. The van der Waals surface area contributed by atoms with E-state index in [9.17, 15) is 4.79 Å². The highest BCUT2D eigenvalue weighted by Gasteiger charge is 2.43. The molecule has 0 bridgehead atoms. The predicted molar refractivity (Wildman–Crippen MR) is 75.1 cm³/mol. The number of likely N-dealkylation sites (tertiary alicyclic amines) is 1. The molecular formula is C15H21N3O4. The molecule has 120 valence electrons. The fourth-order valence-corrected chi connectivity index (χ4v) is 3.40. The third-order valence-electron chi connectivity index (χ3n) is 4.83. The van der Waals surface area contributed by atoms with Crippen molar-refractivity contribution in [1.82, 2.24) is 15.1 Å². The zero-order valence-corrected chi connectivity index (χ0v) is 12.7. The minimum atomic E-state index is -0.118. The van der Waals surface area contributed by atoms with Crippen molar-refractivity contribution in [1.29, 1.82) is 0 Å². The average molecular weight is 307 g/mol. The molecule has 1 aromatic heterocycles. The van der Waals surface area contributed by atoms with Crippen LogP contribution < -0.4 is 0 Å². The van der Waals surface area contributed by atoms with Gasteiger partial charge in [0.25, 0.3) is 0 Å². The Morgan fingerprint density at radius 1 is 1.32 bits per heavy atom. The molecule has 1 amide bonds. The van der Waals surface area contributed by atoms with Crippen LogP contribution in [0.2, 0.25) is 0 Å². The molecule has 1 aromatic rings. The lowest BCUT2D eigenvalue weighted by atomic mass is 9.92. The molecule has 0 radical (unpaired) electrons. The Kier molecular flexibility index (Phi) is 3.62. The van der Waals surface area contributed by atoms with E-state index in [-0.39, 0.29) is 24.7 Å². The molecule has 2 saturated heterocycles. The van der Waals surface area contributed by atoms with Gasteiger partial charge in [-0.3, -0.25) is 4.79 Å². The number of amides is 1. The molecule has 2 aliphatic heterocycles. The molecule has 0 spiro atoms. The zero-order valence-electron chi connectivity index (χ0n) is 12.7. The molecule has 0 unspecified atom stereocenters. The minimum absolute atomic E-state index is 0.0295. The molecule has 7 heteroatoms. The van der Waals surface area contributed by atoms with Gasteiger partial charge in [-0.2, -0.15) is 0 Å². The largest absolute Gasteiger partial charge is 0.422 e. The maximum absolute atomic E-state index is 11.9. The van der Waals surface area contributed by atoms with E-state index in [2.05, 4.69) is 10.2 Å². The second-order valence-corrected chi connectivity index (χ2v) is 6.47. The van der Waals surface area contributed by atoms with E-state index in [1.54, 1.807) is 7.11 Å². The van der Waals surface area contributed by atoms with Gasteiger partial charge in [0.2, 0.25) is 17.7 Å². The summed E-state index contributed by atoms with van der Waals surface area (Å²) < 4.78 is 16.8. The quantitative estimate of drug-likeness (QED) is 0.833. The topological polar surface area (TPSA) is 77.7 Å². The van der Waals surface area contributed by atoms with Gasteiger partial charge >= 0.3 is 0 Å². The van der Waals surface area contributed by atoms with Crippen LogP contribution in [0.15, 0.2) is 4.42 Å². The van der Waals surface area contributed by atoms with E-state index in [0.717, 1.165) is 38.1 Å². The summed E-state index contributed by atoms with van der Waals surface area (Å²) in [5, 5.41) is 8.29. The number of piperidine rings is 1. The maximum Gasteiger partial charge on any atom is 0.248 e. The molecule has 3 heterocycles. The number of hydrogen-bond donors (Lipinski definition) is 0. The molecule has 22 heavy (non-hydrogen) atoms. The SMILES string of the molecule is COCC(=O)N1CC[C@H]2C[C@H](c3nnc(C4CC4)o3)O[C@@H]2C1. The molecule has 1 saturated carbocycles. The first-order valence-electron chi connectivity index (χ1n) is 8.00. The molecule has 0 aromatic carbocycles. The number of carbonyl (C=O) groups excluding carboxylic acids is 1. The van der Waals surface area contributed by atoms with Gasteiger partial charge in [0.1, 0.15) is 12.7 Å². The Bertz CT molecular complexity index is 557. The predicted octanol–water partition coefficient (Wildman–Crippen LogP) is 1.27. The first-order chi connectivity index (χ1) is 10.7. The Balaban J connectivity index is 1.39. The molecule has 7 nitrogen and oxygen atoms in total. The Morgan fingerprint density at radius 3 is 2.91 bits per heavy atom. The van der Waals surface area contributed by atoms with Crippen molar-refractivity contribution < 1.29 is 18.7 Å². The number of fused-ring (bicyclic) bond motifs is 1. The van der Waals surface area contributed by atoms with Crippen molar-refractivity contribution in [3.8, 4) is 0 Å². The third-order valence-corrected chi connectivity index (χ3v) is 4.83. The maximum atomic E-state index is 11.9. The van der Waals surface area contributed by atoms with Crippen molar-refractivity contribution in [3.05, 3.63) is 11.8 Å². The number of nitrogens with zero attached hydrogens (tertiary/aromatic N) is 3.